The summed E-state index contributed by atoms with van der Waals surface area (Å²) in [5.41, 5.74) is 0. The van der Waals surface area contributed by atoms with Crippen LogP contribution in [0.5, 0.6) is 0 Å². The van der Waals surface area contributed by atoms with E-state index in [-0.39, 0.29) is 18.3 Å². The van der Waals surface area contributed by atoms with Gasteiger partial charge in [0.05, 0.1) is 18.3 Å². The number of aliphatic hydroxyl groups is 3. The predicted molar refractivity (Wildman–Crippen MR) is 107 cm³/mol. The number of hydrogen-bond donors (Lipinski definition) is 4. The molecule has 0 aromatic carbocycles. The molecular formula is C22H38O5. The van der Waals surface area contributed by atoms with Crippen molar-refractivity contribution in [3.05, 3.63) is 24.3 Å². The lowest BCUT2D eigenvalue weighted by molar-refractivity contribution is -0.137. The van der Waals surface area contributed by atoms with Gasteiger partial charge in [0, 0.05) is 18.8 Å². The zero-order valence-electron chi connectivity index (χ0n) is 16.8. The summed E-state index contributed by atoms with van der Waals surface area (Å²) in [5.74, 6) is -0.328. The fraction of sp³-hybridized carbons (Fsp3) is 0.773. The number of carboxylic acids is 1. The molecule has 0 spiro atoms. The van der Waals surface area contributed by atoms with Crippen LogP contribution in [0.3, 0.4) is 0 Å². The van der Waals surface area contributed by atoms with Crippen molar-refractivity contribution in [2.75, 3.05) is 0 Å². The zero-order valence-corrected chi connectivity index (χ0v) is 16.8. The maximum Gasteiger partial charge on any atom is 0.303 e. The van der Waals surface area contributed by atoms with Gasteiger partial charge in [-0.3, -0.25) is 4.79 Å². The summed E-state index contributed by atoms with van der Waals surface area (Å²) in [7, 11) is 0. The standard InChI is InChI=1S/C22H38O5/c1-16(2)9-7-8-10-17(23)13-14-19-18(20(24)15-21(19)25)11-5-3-4-6-12-22(26)27/h3,5,13-14,16-21,23-25H,4,6-12,15H2,1-2H3,(H,26,27)/b5-3-,14-13+/t17?,18-,19-,20+,21-/m1/s1. The van der Waals surface area contributed by atoms with Crippen LogP contribution in [0.2, 0.25) is 0 Å². The van der Waals surface area contributed by atoms with Crippen molar-refractivity contribution in [3.8, 4) is 0 Å². The van der Waals surface area contributed by atoms with Crippen molar-refractivity contribution in [2.24, 2.45) is 17.8 Å². The molecule has 1 aliphatic rings. The van der Waals surface area contributed by atoms with E-state index in [1.54, 1.807) is 6.08 Å². The first-order chi connectivity index (χ1) is 12.8. The number of aliphatic carboxylic acids is 1. The topological polar surface area (TPSA) is 98.0 Å². The zero-order chi connectivity index (χ0) is 20.2. The first-order valence-corrected chi connectivity index (χ1v) is 10.4. The van der Waals surface area contributed by atoms with E-state index in [4.69, 9.17) is 5.11 Å². The Bertz CT molecular complexity index is 471. The third kappa shape index (κ3) is 10.1. The van der Waals surface area contributed by atoms with E-state index in [2.05, 4.69) is 13.8 Å². The van der Waals surface area contributed by atoms with Crippen molar-refractivity contribution in [1.82, 2.24) is 0 Å². The van der Waals surface area contributed by atoms with Gasteiger partial charge in [-0.25, -0.2) is 0 Å². The highest BCUT2D eigenvalue weighted by atomic mass is 16.4. The van der Waals surface area contributed by atoms with E-state index in [1.165, 1.54) is 6.42 Å². The monoisotopic (exact) mass is 382 g/mol. The minimum atomic E-state index is -0.786. The Balaban J connectivity index is 2.43. The van der Waals surface area contributed by atoms with Gasteiger partial charge >= 0.3 is 5.97 Å². The molecule has 0 aromatic rings. The van der Waals surface area contributed by atoms with E-state index in [9.17, 15) is 20.1 Å². The van der Waals surface area contributed by atoms with E-state index < -0.39 is 24.3 Å². The smallest absolute Gasteiger partial charge is 0.303 e. The SMILES string of the molecule is CC(C)CCCCC(O)/C=C/[C@@H]1[C@@H](C/C=C\CCCC(=O)O)[C@@H](O)C[C@H]1O. The highest BCUT2D eigenvalue weighted by Crippen LogP contribution is 2.36. The maximum atomic E-state index is 10.5. The molecule has 0 aromatic heterocycles. The fourth-order valence-corrected chi connectivity index (χ4v) is 3.71. The van der Waals surface area contributed by atoms with E-state index >= 15 is 0 Å². The van der Waals surface area contributed by atoms with Crippen molar-refractivity contribution >= 4 is 5.97 Å². The molecule has 1 fully saturated rings. The molecule has 1 saturated carbocycles. The molecule has 0 heterocycles. The average Bonchev–Trinajstić information content (AvgIpc) is 2.85. The molecular weight excluding hydrogens is 344 g/mol. The highest BCUT2D eigenvalue weighted by molar-refractivity contribution is 5.66. The Hall–Kier alpha value is -1.17. The normalized spacial score (nSPS) is 27.2. The molecule has 5 heteroatoms. The summed E-state index contributed by atoms with van der Waals surface area (Å²) in [6.07, 6.45) is 12.4. The average molecular weight is 383 g/mol. The number of allylic oxidation sites excluding steroid dienone is 2. The van der Waals surface area contributed by atoms with Crippen LogP contribution in [0, 0.1) is 17.8 Å². The maximum absolute atomic E-state index is 10.5. The van der Waals surface area contributed by atoms with Crippen LogP contribution < -0.4 is 0 Å². The third-order valence-corrected chi connectivity index (χ3v) is 5.34. The molecule has 0 aliphatic heterocycles. The molecule has 5 nitrogen and oxygen atoms in total. The summed E-state index contributed by atoms with van der Waals surface area (Å²) in [5, 5.41) is 39.2. The molecule has 5 atom stereocenters. The molecule has 4 N–H and O–H groups in total. The molecule has 1 unspecified atom stereocenters. The summed E-state index contributed by atoms with van der Waals surface area (Å²) in [6, 6.07) is 0. The van der Waals surface area contributed by atoms with E-state index in [0.29, 0.717) is 31.6 Å². The minimum absolute atomic E-state index is 0.0693. The first kappa shape index (κ1) is 23.9. The lowest BCUT2D eigenvalue weighted by atomic mass is 9.89. The fourth-order valence-electron chi connectivity index (χ4n) is 3.71. The predicted octanol–water partition coefficient (Wildman–Crippen LogP) is 3.68. The lowest BCUT2D eigenvalue weighted by Gasteiger charge is -2.19. The number of hydrogen-bond acceptors (Lipinski definition) is 4. The Labute approximate surface area is 163 Å². The van der Waals surface area contributed by atoms with Crippen LogP contribution in [0.4, 0.5) is 0 Å². The van der Waals surface area contributed by atoms with Crippen LogP contribution in [-0.2, 0) is 4.79 Å². The number of carbonyl (C=O) groups is 1. The number of aliphatic hydroxyl groups excluding tert-OH is 3. The van der Waals surface area contributed by atoms with Gasteiger partial charge in [-0.1, -0.05) is 57.4 Å². The Morgan fingerprint density at radius 1 is 1.07 bits per heavy atom. The molecule has 1 rings (SSSR count). The summed E-state index contributed by atoms with van der Waals surface area (Å²) < 4.78 is 0. The Morgan fingerprint density at radius 2 is 1.78 bits per heavy atom. The van der Waals surface area contributed by atoms with Crippen LogP contribution >= 0.6 is 0 Å². The van der Waals surface area contributed by atoms with Gasteiger partial charge in [-0.15, -0.1) is 0 Å². The van der Waals surface area contributed by atoms with Gasteiger partial charge in [0.15, 0.2) is 0 Å². The van der Waals surface area contributed by atoms with Gasteiger partial charge in [0.25, 0.3) is 0 Å². The second-order valence-electron chi connectivity index (χ2n) is 8.24. The van der Waals surface area contributed by atoms with Crippen LogP contribution in [0.25, 0.3) is 0 Å². The molecule has 27 heavy (non-hydrogen) atoms. The molecule has 1 aliphatic carbocycles. The van der Waals surface area contributed by atoms with E-state index in [1.807, 2.05) is 18.2 Å². The number of carboxylic acid groups (broad SMARTS) is 1. The van der Waals surface area contributed by atoms with Gasteiger partial charge in [-0.2, -0.15) is 0 Å². The number of rotatable bonds is 13. The lowest BCUT2D eigenvalue weighted by Crippen LogP contribution is -2.20. The molecule has 156 valence electrons. The molecule has 0 bridgehead atoms. The van der Waals surface area contributed by atoms with Gasteiger partial charge in [0.1, 0.15) is 0 Å². The van der Waals surface area contributed by atoms with Crippen LogP contribution in [-0.4, -0.2) is 44.7 Å². The number of unbranched alkanes of at least 4 members (excludes halogenated alkanes) is 2. The second-order valence-corrected chi connectivity index (χ2v) is 8.24. The second kappa shape index (κ2) is 13.1. The largest absolute Gasteiger partial charge is 0.481 e. The summed E-state index contributed by atoms with van der Waals surface area (Å²) >= 11 is 0. The van der Waals surface area contributed by atoms with Gasteiger partial charge in [0.2, 0.25) is 0 Å². The van der Waals surface area contributed by atoms with Crippen LogP contribution in [0.1, 0.15) is 71.6 Å². The first-order valence-electron chi connectivity index (χ1n) is 10.4. The summed E-state index contributed by atoms with van der Waals surface area (Å²) in [4.78, 5) is 10.5. The minimum Gasteiger partial charge on any atom is -0.481 e. The van der Waals surface area contributed by atoms with Crippen molar-refractivity contribution in [1.29, 1.82) is 0 Å². The van der Waals surface area contributed by atoms with Gasteiger partial charge in [-0.05, 0) is 37.5 Å². The quantitative estimate of drug-likeness (QED) is 0.288. The van der Waals surface area contributed by atoms with E-state index in [0.717, 1.165) is 19.3 Å². The molecule has 0 saturated heterocycles. The van der Waals surface area contributed by atoms with Crippen LogP contribution in [0.15, 0.2) is 24.3 Å². The van der Waals surface area contributed by atoms with Gasteiger partial charge < -0.3 is 20.4 Å². The van der Waals surface area contributed by atoms with Crippen molar-refractivity contribution < 1.29 is 25.2 Å². The van der Waals surface area contributed by atoms with Crippen molar-refractivity contribution in [3.63, 3.8) is 0 Å². The molecule has 0 amide bonds. The molecule has 0 radical (unpaired) electrons. The highest BCUT2D eigenvalue weighted by Gasteiger charge is 2.39. The van der Waals surface area contributed by atoms with Crippen molar-refractivity contribution in [2.45, 2.75) is 89.9 Å². The third-order valence-electron chi connectivity index (χ3n) is 5.34. The Kier molecular flexibility index (Phi) is 11.6. The Morgan fingerprint density at radius 3 is 2.44 bits per heavy atom. The summed E-state index contributed by atoms with van der Waals surface area (Å²) in [6.45, 7) is 4.40.